The van der Waals surface area contributed by atoms with Crippen LogP contribution in [0.4, 0.5) is 0 Å². The molecule has 3 heterocycles. The highest BCUT2D eigenvalue weighted by molar-refractivity contribution is 6.21. The average molecular weight is 627 g/mol. The summed E-state index contributed by atoms with van der Waals surface area (Å²) in [6.07, 6.45) is 1.85. The van der Waals surface area contributed by atoms with Crippen molar-refractivity contribution < 1.29 is 4.42 Å². The van der Waals surface area contributed by atoms with Crippen LogP contribution < -0.4 is 0 Å². The van der Waals surface area contributed by atoms with E-state index in [2.05, 4.69) is 89.9 Å². The summed E-state index contributed by atoms with van der Waals surface area (Å²) in [5.41, 5.74) is 7.54. The number of hydrogen-bond acceptors (Lipinski definition) is 5. The summed E-state index contributed by atoms with van der Waals surface area (Å²) in [7, 11) is 0. The molecule has 0 saturated carbocycles. The van der Waals surface area contributed by atoms with Gasteiger partial charge in [0.1, 0.15) is 11.2 Å². The van der Waals surface area contributed by atoms with Crippen LogP contribution in [0.2, 0.25) is 0 Å². The van der Waals surface area contributed by atoms with Crippen LogP contribution in [0.1, 0.15) is 0 Å². The van der Waals surface area contributed by atoms with Gasteiger partial charge in [0.25, 0.3) is 0 Å². The number of aromatic nitrogens is 4. The first-order valence-corrected chi connectivity index (χ1v) is 16.3. The number of pyridine rings is 1. The van der Waals surface area contributed by atoms with E-state index >= 15 is 0 Å². The number of benzene rings is 7. The monoisotopic (exact) mass is 626 g/mol. The van der Waals surface area contributed by atoms with Gasteiger partial charge in [-0.3, -0.25) is 4.98 Å². The minimum Gasteiger partial charge on any atom is -0.456 e. The Morgan fingerprint density at radius 1 is 0.367 bits per heavy atom. The Balaban J connectivity index is 1.25. The van der Waals surface area contributed by atoms with Crippen molar-refractivity contribution in [1.29, 1.82) is 0 Å². The van der Waals surface area contributed by atoms with Gasteiger partial charge in [-0.2, -0.15) is 0 Å². The summed E-state index contributed by atoms with van der Waals surface area (Å²) in [5, 5.41) is 7.88. The van der Waals surface area contributed by atoms with Crippen molar-refractivity contribution in [3.8, 4) is 45.3 Å². The van der Waals surface area contributed by atoms with Crippen LogP contribution in [0.5, 0.6) is 0 Å². The van der Waals surface area contributed by atoms with Gasteiger partial charge in [0.15, 0.2) is 17.5 Å². The third-order valence-electron chi connectivity index (χ3n) is 9.39. The van der Waals surface area contributed by atoms with Gasteiger partial charge >= 0.3 is 0 Å². The molecule has 0 bridgehead atoms. The molecule has 0 aliphatic carbocycles. The molecule has 0 amide bonds. The van der Waals surface area contributed by atoms with Crippen LogP contribution in [0.15, 0.2) is 162 Å². The standard InChI is InChI=1S/C44H26N4O/c1-2-11-28(12-3-1)42-46-43(48-44(47-42)36-18-9-21-39-41(36)35-16-6-7-20-38(35)49-39)34-15-5-4-14-29(34)32-17-8-13-27-22-23-30-31-19-10-26-45-37(31)25-24-33(30)40(27)32/h1-26H. The lowest BCUT2D eigenvalue weighted by Crippen LogP contribution is -2.01. The van der Waals surface area contributed by atoms with Crippen molar-refractivity contribution in [1.82, 2.24) is 19.9 Å². The van der Waals surface area contributed by atoms with E-state index in [0.29, 0.717) is 17.5 Å². The number of para-hydroxylation sites is 1. The molecular formula is C44H26N4O. The zero-order valence-corrected chi connectivity index (χ0v) is 26.2. The predicted molar refractivity (Wildman–Crippen MR) is 199 cm³/mol. The second-order valence-corrected chi connectivity index (χ2v) is 12.2. The normalized spacial score (nSPS) is 11.7. The van der Waals surface area contributed by atoms with Crippen molar-refractivity contribution in [2.45, 2.75) is 0 Å². The van der Waals surface area contributed by atoms with Crippen LogP contribution in [-0.2, 0) is 0 Å². The molecule has 228 valence electrons. The van der Waals surface area contributed by atoms with E-state index in [-0.39, 0.29) is 0 Å². The molecule has 0 aliphatic rings. The number of fused-ring (bicyclic) bond motifs is 8. The first kappa shape index (κ1) is 27.4. The fraction of sp³-hybridized carbons (Fsp3) is 0. The van der Waals surface area contributed by atoms with E-state index in [1.54, 1.807) is 0 Å². The largest absolute Gasteiger partial charge is 0.456 e. The van der Waals surface area contributed by atoms with E-state index in [1.807, 2.05) is 72.9 Å². The molecule has 3 aromatic heterocycles. The summed E-state index contributed by atoms with van der Waals surface area (Å²) in [5.74, 6) is 1.82. The Hall–Kier alpha value is -6.72. The molecule has 49 heavy (non-hydrogen) atoms. The fourth-order valence-electron chi connectivity index (χ4n) is 7.19. The molecule has 5 nitrogen and oxygen atoms in total. The molecule has 0 saturated heterocycles. The topological polar surface area (TPSA) is 64.7 Å². The van der Waals surface area contributed by atoms with Gasteiger partial charge in [0.2, 0.25) is 0 Å². The Kier molecular flexibility index (Phi) is 6.11. The minimum atomic E-state index is 0.596. The van der Waals surface area contributed by atoms with Gasteiger partial charge in [-0.15, -0.1) is 0 Å². The third kappa shape index (κ3) is 4.40. The summed E-state index contributed by atoms with van der Waals surface area (Å²) in [4.78, 5) is 20.1. The maximum Gasteiger partial charge on any atom is 0.164 e. The van der Waals surface area contributed by atoms with Crippen molar-refractivity contribution in [3.05, 3.63) is 158 Å². The number of nitrogens with zero attached hydrogens (tertiary/aromatic N) is 4. The van der Waals surface area contributed by atoms with Gasteiger partial charge in [-0.05, 0) is 56.9 Å². The van der Waals surface area contributed by atoms with Gasteiger partial charge in [0, 0.05) is 39.0 Å². The number of rotatable bonds is 4. The van der Waals surface area contributed by atoms with Crippen LogP contribution >= 0.6 is 0 Å². The molecule has 5 heteroatoms. The van der Waals surface area contributed by atoms with Gasteiger partial charge in [0.05, 0.1) is 5.52 Å². The summed E-state index contributed by atoms with van der Waals surface area (Å²) < 4.78 is 6.25. The molecule has 0 fully saturated rings. The maximum absolute atomic E-state index is 6.25. The van der Waals surface area contributed by atoms with Crippen LogP contribution in [0, 0.1) is 0 Å². The fourth-order valence-corrected chi connectivity index (χ4v) is 7.19. The van der Waals surface area contributed by atoms with Gasteiger partial charge in [-0.25, -0.2) is 15.0 Å². The van der Waals surface area contributed by atoms with E-state index in [4.69, 9.17) is 19.4 Å². The van der Waals surface area contributed by atoms with E-state index in [9.17, 15) is 0 Å². The quantitative estimate of drug-likeness (QED) is 0.182. The molecule has 0 spiro atoms. The highest BCUT2D eigenvalue weighted by atomic mass is 16.3. The van der Waals surface area contributed by atoms with Crippen LogP contribution in [0.25, 0.3) is 99.7 Å². The first-order valence-electron chi connectivity index (χ1n) is 16.3. The van der Waals surface area contributed by atoms with Crippen molar-refractivity contribution in [3.63, 3.8) is 0 Å². The Morgan fingerprint density at radius 3 is 1.96 bits per heavy atom. The van der Waals surface area contributed by atoms with Crippen LogP contribution in [0.3, 0.4) is 0 Å². The third-order valence-corrected chi connectivity index (χ3v) is 9.39. The van der Waals surface area contributed by atoms with Crippen molar-refractivity contribution in [2.24, 2.45) is 0 Å². The molecule has 0 unspecified atom stereocenters. The van der Waals surface area contributed by atoms with Gasteiger partial charge < -0.3 is 4.42 Å². The number of hydrogen-bond donors (Lipinski definition) is 0. The summed E-state index contributed by atoms with van der Waals surface area (Å²) in [6.45, 7) is 0. The van der Waals surface area contributed by atoms with E-state index in [1.165, 1.54) is 21.5 Å². The van der Waals surface area contributed by atoms with E-state index in [0.717, 1.165) is 60.7 Å². The highest BCUT2D eigenvalue weighted by Gasteiger charge is 2.20. The second-order valence-electron chi connectivity index (χ2n) is 12.2. The van der Waals surface area contributed by atoms with Crippen LogP contribution in [-0.4, -0.2) is 19.9 Å². The smallest absolute Gasteiger partial charge is 0.164 e. The van der Waals surface area contributed by atoms with Gasteiger partial charge in [-0.1, -0.05) is 127 Å². The summed E-state index contributed by atoms with van der Waals surface area (Å²) in [6, 6.07) is 52.1. The minimum absolute atomic E-state index is 0.596. The first-order chi connectivity index (χ1) is 24.3. The Bertz CT molecular complexity index is 2890. The molecular weight excluding hydrogens is 601 g/mol. The zero-order valence-electron chi connectivity index (χ0n) is 26.2. The van der Waals surface area contributed by atoms with Crippen molar-refractivity contribution in [2.75, 3.05) is 0 Å². The molecule has 7 aromatic carbocycles. The predicted octanol–water partition coefficient (Wildman–Crippen LogP) is 11.3. The zero-order chi connectivity index (χ0) is 32.3. The molecule has 0 N–H and O–H groups in total. The average Bonchev–Trinajstić information content (AvgIpc) is 3.56. The summed E-state index contributed by atoms with van der Waals surface area (Å²) >= 11 is 0. The number of furan rings is 1. The molecule has 10 aromatic rings. The highest BCUT2D eigenvalue weighted by Crippen LogP contribution is 2.41. The lowest BCUT2D eigenvalue weighted by molar-refractivity contribution is 0.669. The Morgan fingerprint density at radius 2 is 1.04 bits per heavy atom. The lowest BCUT2D eigenvalue weighted by atomic mass is 9.90. The second kappa shape index (κ2) is 10.9. The molecule has 0 atom stereocenters. The molecule has 0 aliphatic heterocycles. The molecule has 10 rings (SSSR count). The Labute approximate surface area is 281 Å². The lowest BCUT2D eigenvalue weighted by Gasteiger charge is -2.15. The SMILES string of the molecule is c1ccc(-c2nc(-c3ccccc3-c3cccc4ccc5c6cccnc6ccc5c34)nc(-c3cccc4oc5ccccc5c34)n2)cc1. The molecule has 0 radical (unpaired) electrons. The van der Waals surface area contributed by atoms with E-state index < -0.39 is 0 Å². The van der Waals surface area contributed by atoms with Crippen molar-refractivity contribution >= 4 is 54.4 Å². The maximum atomic E-state index is 6.25.